The summed E-state index contributed by atoms with van der Waals surface area (Å²) in [6, 6.07) is 13.2. The molecule has 1 fully saturated rings. The Kier molecular flexibility index (Phi) is 9.11. The quantitative estimate of drug-likeness (QED) is 0.440. The monoisotopic (exact) mass is 536 g/mol. The first-order valence-corrected chi connectivity index (χ1v) is 12.8. The predicted octanol–water partition coefficient (Wildman–Crippen LogP) is 4.02. The van der Waals surface area contributed by atoms with E-state index in [1.165, 1.54) is 12.5 Å². The minimum atomic E-state index is -4.63. The Bertz CT molecular complexity index is 1330. The minimum absolute atomic E-state index is 0.0187. The van der Waals surface area contributed by atoms with Crippen LogP contribution in [0.1, 0.15) is 17.5 Å². The molecule has 4 rings (SSSR count). The number of rotatable bonds is 7. The first-order chi connectivity index (χ1) is 17.6. The van der Waals surface area contributed by atoms with Crippen molar-refractivity contribution in [2.75, 3.05) is 29.8 Å². The van der Waals surface area contributed by atoms with E-state index in [9.17, 15) is 17.2 Å². The molecule has 8 nitrogen and oxygen atoms in total. The van der Waals surface area contributed by atoms with Crippen molar-refractivity contribution in [3.8, 4) is 0 Å². The number of aromatic nitrogens is 1. The van der Waals surface area contributed by atoms with E-state index in [0.29, 0.717) is 12.2 Å². The normalized spacial score (nSPS) is 15.5. The van der Waals surface area contributed by atoms with E-state index >= 15 is 4.39 Å². The van der Waals surface area contributed by atoms with Gasteiger partial charge >= 0.3 is 0 Å². The summed E-state index contributed by atoms with van der Waals surface area (Å²) in [7, 11) is -2.87. The van der Waals surface area contributed by atoms with E-state index in [0.717, 1.165) is 43.9 Å². The lowest BCUT2D eigenvalue weighted by Crippen LogP contribution is -2.35. The molecule has 37 heavy (non-hydrogen) atoms. The highest BCUT2D eigenvalue weighted by Gasteiger charge is 2.31. The van der Waals surface area contributed by atoms with Crippen LogP contribution in [-0.4, -0.2) is 56.1 Å². The van der Waals surface area contributed by atoms with Gasteiger partial charge in [0, 0.05) is 44.0 Å². The standard InChI is InChI=1S/C24H25F3N4O2S.CH2O2/c1-16-21(30(2)19-10-11-31(15-19)14-17-6-4-3-5-7-17)12-20(26)24(23(16)27)34(32,33)29-22-9-8-18(25)13-28-22;2-1-3/h3-9,12-13,19H,10-11,14-15H2,1-2H3,(H,28,29);1H,(H,2,3)/t19-;/m0./s1. The number of pyridine rings is 1. The first-order valence-electron chi connectivity index (χ1n) is 11.3. The van der Waals surface area contributed by atoms with E-state index in [1.54, 1.807) is 11.9 Å². The molecule has 198 valence electrons. The molecule has 1 saturated heterocycles. The van der Waals surface area contributed by atoms with Crippen LogP contribution in [0.25, 0.3) is 0 Å². The molecule has 1 atom stereocenters. The molecule has 0 saturated carbocycles. The van der Waals surface area contributed by atoms with E-state index in [1.807, 2.05) is 22.9 Å². The molecule has 1 aliphatic rings. The van der Waals surface area contributed by atoms with Gasteiger partial charge in [-0.3, -0.25) is 14.4 Å². The van der Waals surface area contributed by atoms with Gasteiger partial charge in [0.05, 0.1) is 6.20 Å². The second-order valence-electron chi connectivity index (χ2n) is 8.49. The summed E-state index contributed by atoms with van der Waals surface area (Å²) < 4.78 is 70.6. The molecular weight excluding hydrogens is 509 g/mol. The molecule has 0 aliphatic carbocycles. The number of carbonyl (C=O) groups is 1. The van der Waals surface area contributed by atoms with E-state index in [-0.39, 0.29) is 23.9 Å². The van der Waals surface area contributed by atoms with E-state index in [2.05, 4.69) is 22.0 Å². The summed E-state index contributed by atoms with van der Waals surface area (Å²) in [5, 5.41) is 6.89. The Labute approximate surface area is 213 Å². The summed E-state index contributed by atoms with van der Waals surface area (Å²) in [5.74, 6) is -3.30. The zero-order valence-electron chi connectivity index (χ0n) is 20.2. The number of sulfonamides is 1. The van der Waals surface area contributed by atoms with Crippen molar-refractivity contribution in [3.63, 3.8) is 0 Å². The molecule has 0 spiro atoms. The van der Waals surface area contributed by atoms with Gasteiger partial charge in [-0.2, -0.15) is 0 Å². The van der Waals surface area contributed by atoms with Crippen molar-refractivity contribution in [1.82, 2.24) is 9.88 Å². The summed E-state index contributed by atoms with van der Waals surface area (Å²) in [5.41, 5.74) is 1.51. The summed E-state index contributed by atoms with van der Waals surface area (Å²) in [6.45, 7) is 3.51. The zero-order chi connectivity index (χ0) is 27.2. The lowest BCUT2D eigenvalue weighted by molar-refractivity contribution is -0.122. The topological polar surface area (TPSA) is 103 Å². The maximum absolute atomic E-state index is 15.2. The third kappa shape index (κ3) is 6.77. The zero-order valence-corrected chi connectivity index (χ0v) is 21.1. The number of hydrogen-bond acceptors (Lipinski definition) is 6. The van der Waals surface area contributed by atoms with Crippen molar-refractivity contribution in [2.45, 2.75) is 30.8 Å². The third-order valence-electron chi connectivity index (χ3n) is 6.05. The Hall–Kier alpha value is -3.64. The van der Waals surface area contributed by atoms with Gasteiger partial charge in [-0.1, -0.05) is 30.3 Å². The Morgan fingerprint density at radius 1 is 1.19 bits per heavy atom. The van der Waals surface area contributed by atoms with Crippen LogP contribution in [0.3, 0.4) is 0 Å². The molecule has 0 bridgehead atoms. The van der Waals surface area contributed by atoms with Crippen LogP contribution in [0, 0.1) is 24.4 Å². The highest BCUT2D eigenvalue weighted by molar-refractivity contribution is 7.92. The number of hydrogen-bond donors (Lipinski definition) is 2. The summed E-state index contributed by atoms with van der Waals surface area (Å²) >= 11 is 0. The van der Waals surface area contributed by atoms with Crippen molar-refractivity contribution < 1.29 is 31.5 Å². The van der Waals surface area contributed by atoms with Crippen molar-refractivity contribution >= 4 is 28.0 Å². The average molecular weight is 537 g/mol. The van der Waals surface area contributed by atoms with Crippen LogP contribution in [0.4, 0.5) is 24.7 Å². The Morgan fingerprint density at radius 2 is 1.86 bits per heavy atom. The van der Waals surface area contributed by atoms with Gasteiger partial charge in [-0.05, 0) is 37.1 Å². The maximum atomic E-state index is 15.2. The SMILES string of the molecule is Cc1c(N(C)[C@H]2CCN(Cc3ccccc3)C2)cc(F)c(S(=O)(=O)Nc2ccc(F)cn2)c1F.O=CO. The van der Waals surface area contributed by atoms with Crippen LogP contribution < -0.4 is 9.62 Å². The predicted molar refractivity (Wildman–Crippen MR) is 133 cm³/mol. The maximum Gasteiger partial charge on any atom is 0.290 e. The van der Waals surface area contributed by atoms with Crippen LogP contribution in [0.2, 0.25) is 0 Å². The van der Waals surface area contributed by atoms with Crippen molar-refractivity contribution in [2.24, 2.45) is 0 Å². The summed E-state index contributed by atoms with van der Waals surface area (Å²) in [6.07, 6.45) is 1.61. The second kappa shape index (κ2) is 12.1. The molecule has 0 unspecified atom stereocenters. The smallest absolute Gasteiger partial charge is 0.290 e. The van der Waals surface area contributed by atoms with Gasteiger partial charge < -0.3 is 10.0 Å². The molecule has 1 aliphatic heterocycles. The van der Waals surface area contributed by atoms with Gasteiger partial charge in [0.2, 0.25) is 0 Å². The van der Waals surface area contributed by atoms with Crippen molar-refractivity contribution in [1.29, 1.82) is 0 Å². The molecule has 12 heteroatoms. The number of halogens is 3. The van der Waals surface area contributed by atoms with Gasteiger partial charge in [-0.15, -0.1) is 0 Å². The van der Waals surface area contributed by atoms with Crippen molar-refractivity contribution in [3.05, 3.63) is 83.3 Å². The van der Waals surface area contributed by atoms with E-state index < -0.39 is 32.4 Å². The highest BCUT2D eigenvalue weighted by Crippen LogP contribution is 2.33. The molecule has 1 aromatic heterocycles. The largest absolute Gasteiger partial charge is 0.483 e. The summed E-state index contributed by atoms with van der Waals surface area (Å²) in [4.78, 5) is 14.9. The van der Waals surface area contributed by atoms with Crippen LogP contribution >= 0.6 is 0 Å². The first kappa shape index (κ1) is 27.9. The molecule has 2 heterocycles. The van der Waals surface area contributed by atoms with Gasteiger partial charge in [0.25, 0.3) is 16.5 Å². The molecule has 2 aromatic carbocycles. The fourth-order valence-electron chi connectivity index (χ4n) is 4.23. The molecule has 3 aromatic rings. The second-order valence-corrected chi connectivity index (χ2v) is 10.1. The fraction of sp³-hybridized carbons (Fsp3) is 0.280. The van der Waals surface area contributed by atoms with Crippen LogP contribution in [-0.2, 0) is 21.4 Å². The molecule has 0 amide bonds. The fourth-order valence-corrected chi connectivity index (χ4v) is 5.43. The number of benzene rings is 2. The molecular formula is C25H27F3N4O4S. The number of likely N-dealkylation sites (tertiary alicyclic amines) is 1. The Morgan fingerprint density at radius 3 is 2.49 bits per heavy atom. The number of nitrogens with zero attached hydrogens (tertiary/aromatic N) is 3. The number of anilines is 2. The van der Waals surface area contributed by atoms with Crippen LogP contribution in [0.15, 0.2) is 59.6 Å². The van der Waals surface area contributed by atoms with Crippen LogP contribution in [0.5, 0.6) is 0 Å². The minimum Gasteiger partial charge on any atom is -0.483 e. The highest BCUT2D eigenvalue weighted by atomic mass is 32.2. The number of likely N-dealkylation sites (N-methyl/N-ethyl adjacent to an activating group) is 1. The average Bonchev–Trinajstić information content (AvgIpc) is 3.32. The van der Waals surface area contributed by atoms with Gasteiger partial charge in [-0.25, -0.2) is 26.6 Å². The van der Waals surface area contributed by atoms with Gasteiger partial charge in [0.1, 0.15) is 17.5 Å². The lowest BCUT2D eigenvalue weighted by atomic mass is 10.1. The van der Waals surface area contributed by atoms with E-state index in [4.69, 9.17) is 9.90 Å². The third-order valence-corrected chi connectivity index (χ3v) is 7.44. The number of nitrogens with one attached hydrogen (secondary N) is 1. The molecule has 2 N–H and O–H groups in total. The lowest BCUT2D eigenvalue weighted by Gasteiger charge is -2.29. The Balaban J connectivity index is 0.00000121. The number of carboxylic acid groups (broad SMARTS) is 1. The van der Waals surface area contributed by atoms with Gasteiger partial charge in [0.15, 0.2) is 10.7 Å². The molecule has 0 radical (unpaired) electrons.